The maximum absolute atomic E-state index is 11.7. The molecule has 1 amide bonds. The zero-order valence-corrected chi connectivity index (χ0v) is 11.9. The van der Waals surface area contributed by atoms with Crippen LogP contribution in [0.25, 0.3) is 0 Å². The third kappa shape index (κ3) is 4.67. The van der Waals surface area contributed by atoms with Crippen LogP contribution in [-0.4, -0.2) is 37.1 Å². The van der Waals surface area contributed by atoms with E-state index in [0.29, 0.717) is 13.1 Å². The van der Waals surface area contributed by atoms with Gasteiger partial charge in [0.2, 0.25) is 0 Å². The van der Waals surface area contributed by atoms with E-state index in [2.05, 4.69) is 10.6 Å². The molecule has 0 fully saturated rings. The van der Waals surface area contributed by atoms with Crippen LogP contribution in [0.1, 0.15) is 6.92 Å². The van der Waals surface area contributed by atoms with Crippen molar-refractivity contribution < 1.29 is 14.5 Å². The normalized spacial score (nSPS) is 11.8. The number of nitrogens with one attached hydrogen (secondary N) is 2. The predicted octanol–water partition coefficient (Wildman–Crippen LogP) is 1.35. The predicted molar refractivity (Wildman–Crippen MR) is 75.1 cm³/mol. The van der Waals surface area contributed by atoms with E-state index in [1.165, 1.54) is 25.1 Å². The molecule has 1 atom stereocenters. The quantitative estimate of drug-likeness (QED) is 0.450. The zero-order valence-electron chi connectivity index (χ0n) is 11.2. The first-order valence-electron chi connectivity index (χ1n) is 5.98. The van der Waals surface area contributed by atoms with E-state index in [4.69, 9.17) is 16.3 Å². The number of halogens is 1. The monoisotopic (exact) mass is 301 g/mol. The number of nitro groups is 1. The van der Waals surface area contributed by atoms with Gasteiger partial charge in [-0.05, 0) is 26.1 Å². The fourth-order valence-corrected chi connectivity index (χ4v) is 1.60. The van der Waals surface area contributed by atoms with Gasteiger partial charge in [-0.3, -0.25) is 14.9 Å². The molecule has 110 valence electrons. The molecular weight excluding hydrogens is 286 g/mol. The summed E-state index contributed by atoms with van der Waals surface area (Å²) in [5.41, 5.74) is -0.271. The molecule has 8 heteroatoms. The van der Waals surface area contributed by atoms with Gasteiger partial charge in [-0.15, -0.1) is 0 Å². The van der Waals surface area contributed by atoms with E-state index in [1.807, 2.05) is 0 Å². The van der Waals surface area contributed by atoms with Crippen LogP contribution in [0, 0.1) is 10.1 Å². The highest BCUT2D eigenvalue weighted by Crippen LogP contribution is 2.30. The Morgan fingerprint density at radius 1 is 1.50 bits per heavy atom. The molecule has 20 heavy (non-hydrogen) atoms. The summed E-state index contributed by atoms with van der Waals surface area (Å²) in [6.45, 7) is 2.60. The Morgan fingerprint density at radius 2 is 2.20 bits per heavy atom. The minimum Gasteiger partial charge on any atom is -0.474 e. The first-order chi connectivity index (χ1) is 9.45. The van der Waals surface area contributed by atoms with Crippen molar-refractivity contribution in [3.05, 3.63) is 33.3 Å². The molecule has 0 aliphatic heterocycles. The third-order valence-corrected chi connectivity index (χ3v) is 2.70. The van der Waals surface area contributed by atoms with E-state index >= 15 is 0 Å². The van der Waals surface area contributed by atoms with Crippen LogP contribution in [-0.2, 0) is 4.79 Å². The molecule has 1 rings (SSSR count). The molecule has 0 aliphatic rings. The third-order valence-electron chi connectivity index (χ3n) is 2.46. The van der Waals surface area contributed by atoms with Crippen molar-refractivity contribution in [1.29, 1.82) is 0 Å². The second kappa shape index (κ2) is 7.66. The molecule has 0 saturated carbocycles. The molecule has 0 aromatic heterocycles. The number of nitro benzene ring substituents is 1. The van der Waals surface area contributed by atoms with Crippen molar-refractivity contribution >= 4 is 23.2 Å². The second-order valence-electron chi connectivity index (χ2n) is 4.02. The van der Waals surface area contributed by atoms with Crippen LogP contribution in [0.3, 0.4) is 0 Å². The maximum Gasteiger partial charge on any atom is 0.312 e. The van der Waals surface area contributed by atoms with Crippen LogP contribution in [0.4, 0.5) is 5.69 Å². The van der Waals surface area contributed by atoms with Gasteiger partial charge in [0.05, 0.1) is 4.92 Å². The highest BCUT2D eigenvalue weighted by atomic mass is 35.5. The van der Waals surface area contributed by atoms with Crippen LogP contribution in [0.5, 0.6) is 5.75 Å². The molecule has 0 saturated heterocycles. The second-order valence-corrected chi connectivity index (χ2v) is 4.46. The van der Waals surface area contributed by atoms with Gasteiger partial charge in [0, 0.05) is 24.2 Å². The number of carbonyl (C=O) groups excluding carboxylic acids is 1. The van der Waals surface area contributed by atoms with Gasteiger partial charge in [-0.2, -0.15) is 0 Å². The Bertz CT molecular complexity index is 496. The first-order valence-corrected chi connectivity index (χ1v) is 6.36. The molecular formula is C12H16ClN3O4. The number of amides is 1. The lowest BCUT2D eigenvalue weighted by molar-refractivity contribution is -0.386. The number of rotatable bonds is 7. The van der Waals surface area contributed by atoms with Gasteiger partial charge in [0.1, 0.15) is 0 Å². The number of ether oxygens (including phenoxy) is 1. The average Bonchev–Trinajstić information content (AvgIpc) is 2.40. The summed E-state index contributed by atoms with van der Waals surface area (Å²) in [6.07, 6.45) is -0.841. The van der Waals surface area contributed by atoms with Crippen molar-refractivity contribution in [3.63, 3.8) is 0 Å². The SMILES string of the molecule is CNCCNC(=O)C(C)Oc1ccc(Cl)cc1[N+](=O)[O-]. The smallest absolute Gasteiger partial charge is 0.312 e. The van der Waals surface area contributed by atoms with Gasteiger partial charge < -0.3 is 15.4 Å². The van der Waals surface area contributed by atoms with Gasteiger partial charge in [-0.1, -0.05) is 11.6 Å². The summed E-state index contributed by atoms with van der Waals surface area (Å²) in [7, 11) is 1.77. The Balaban J connectivity index is 2.72. The minimum atomic E-state index is -0.841. The minimum absolute atomic E-state index is 0.00988. The van der Waals surface area contributed by atoms with Crippen molar-refractivity contribution in [2.75, 3.05) is 20.1 Å². The molecule has 1 unspecified atom stereocenters. The van der Waals surface area contributed by atoms with Gasteiger partial charge in [-0.25, -0.2) is 0 Å². The number of nitrogens with zero attached hydrogens (tertiary/aromatic N) is 1. The van der Waals surface area contributed by atoms with Crippen LogP contribution in [0.15, 0.2) is 18.2 Å². The summed E-state index contributed by atoms with van der Waals surface area (Å²) in [5.74, 6) is -0.333. The number of benzene rings is 1. The fraction of sp³-hybridized carbons (Fsp3) is 0.417. The van der Waals surface area contributed by atoms with Crippen LogP contribution < -0.4 is 15.4 Å². The summed E-state index contributed by atoms with van der Waals surface area (Å²) in [4.78, 5) is 22.0. The Labute approximate surface area is 121 Å². The lowest BCUT2D eigenvalue weighted by atomic mass is 10.3. The summed E-state index contributed by atoms with van der Waals surface area (Å²) >= 11 is 5.70. The van der Waals surface area contributed by atoms with Crippen molar-refractivity contribution in [2.45, 2.75) is 13.0 Å². The molecule has 0 aliphatic carbocycles. The van der Waals surface area contributed by atoms with E-state index in [1.54, 1.807) is 7.05 Å². The van der Waals surface area contributed by atoms with Crippen molar-refractivity contribution in [1.82, 2.24) is 10.6 Å². The topological polar surface area (TPSA) is 93.5 Å². The number of hydrogen-bond acceptors (Lipinski definition) is 5. The number of carbonyl (C=O) groups is 1. The Morgan fingerprint density at radius 3 is 2.80 bits per heavy atom. The van der Waals surface area contributed by atoms with Gasteiger partial charge in [0.15, 0.2) is 11.9 Å². The maximum atomic E-state index is 11.7. The summed E-state index contributed by atoms with van der Waals surface area (Å²) in [6, 6.07) is 4.02. The highest BCUT2D eigenvalue weighted by Gasteiger charge is 2.21. The Hall–Kier alpha value is -1.86. The molecule has 0 heterocycles. The number of likely N-dealkylation sites (N-methyl/N-ethyl adjacent to an activating group) is 1. The van der Waals surface area contributed by atoms with Gasteiger partial charge >= 0.3 is 5.69 Å². The molecule has 0 bridgehead atoms. The average molecular weight is 302 g/mol. The zero-order chi connectivity index (χ0) is 15.1. The van der Waals surface area contributed by atoms with Gasteiger partial charge in [0.25, 0.3) is 5.91 Å². The van der Waals surface area contributed by atoms with E-state index in [0.717, 1.165) is 0 Å². The molecule has 7 nitrogen and oxygen atoms in total. The highest BCUT2D eigenvalue weighted by molar-refractivity contribution is 6.30. The largest absolute Gasteiger partial charge is 0.474 e. The molecule has 0 spiro atoms. The summed E-state index contributed by atoms with van der Waals surface area (Å²) < 4.78 is 5.32. The summed E-state index contributed by atoms with van der Waals surface area (Å²) in [5, 5.41) is 16.6. The molecule has 1 aromatic carbocycles. The Kier molecular flexibility index (Phi) is 6.20. The molecule has 1 aromatic rings. The first kappa shape index (κ1) is 16.2. The fourth-order valence-electron chi connectivity index (χ4n) is 1.43. The van der Waals surface area contributed by atoms with Crippen LogP contribution >= 0.6 is 11.6 Å². The molecule has 0 radical (unpaired) electrons. The van der Waals surface area contributed by atoms with Crippen molar-refractivity contribution in [3.8, 4) is 5.75 Å². The molecule has 2 N–H and O–H groups in total. The van der Waals surface area contributed by atoms with Crippen LogP contribution in [0.2, 0.25) is 5.02 Å². The lowest BCUT2D eigenvalue weighted by Gasteiger charge is -2.14. The standard InChI is InChI=1S/C12H16ClN3O4/c1-8(12(17)15-6-5-14-2)20-11-4-3-9(13)7-10(11)16(18)19/h3-4,7-8,14H,5-6H2,1-2H3,(H,15,17). The van der Waals surface area contributed by atoms with E-state index < -0.39 is 11.0 Å². The van der Waals surface area contributed by atoms with E-state index in [9.17, 15) is 14.9 Å². The van der Waals surface area contributed by atoms with E-state index in [-0.39, 0.29) is 22.4 Å². The lowest BCUT2D eigenvalue weighted by Crippen LogP contribution is -2.39. The van der Waals surface area contributed by atoms with Crippen molar-refractivity contribution in [2.24, 2.45) is 0 Å². The number of hydrogen-bond donors (Lipinski definition) is 2.